The van der Waals surface area contributed by atoms with Crippen LogP contribution in [0.25, 0.3) is 11.4 Å². The predicted molar refractivity (Wildman–Crippen MR) is 84.0 cm³/mol. The van der Waals surface area contributed by atoms with Crippen LogP contribution in [0.15, 0.2) is 41.8 Å². The van der Waals surface area contributed by atoms with Crippen molar-refractivity contribution in [2.75, 3.05) is 6.54 Å². The Morgan fingerprint density at radius 2 is 2.10 bits per heavy atom. The smallest absolute Gasteiger partial charge is 0.181 e. The van der Waals surface area contributed by atoms with Crippen molar-refractivity contribution < 1.29 is 0 Å². The van der Waals surface area contributed by atoms with Crippen LogP contribution >= 0.6 is 11.3 Å². The van der Waals surface area contributed by atoms with E-state index >= 15 is 0 Å². The quantitative estimate of drug-likeness (QED) is 0.808. The van der Waals surface area contributed by atoms with E-state index in [4.69, 9.17) is 0 Å². The van der Waals surface area contributed by atoms with Crippen molar-refractivity contribution in [2.45, 2.75) is 19.5 Å². The molecule has 5 heteroatoms. The highest BCUT2D eigenvalue weighted by Gasteiger charge is 2.18. The van der Waals surface area contributed by atoms with Crippen LogP contribution in [0.1, 0.15) is 16.3 Å². The zero-order valence-corrected chi connectivity index (χ0v) is 12.4. The topological polar surface area (TPSA) is 44.8 Å². The normalized spacial score (nSPS) is 15.0. The Morgan fingerprint density at radius 3 is 3.00 bits per heavy atom. The Bertz CT molecular complexity index is 732. The van der Waals surface area contributed by atoms with E-state index in [9.17, 15) is 0 Å². The highest BCUT2D eigenvalue weighted by Crippen LogP contribution is 2.24. The average Bonchev–Trinajstić information content (AvgIpc) is 3.17. The first-order valence-corrected chi connectivity index (χ1v) is 8.01. The molecule has 1 N–H and O–H groups in total. The molecule has 0 radical (unpaired) electrons. The summed E-state index contributed by atoms with van der Waals surface area (Å²) in [6, 6.07) is 12.3. The second kappa shape index (κ2) is 5.42. The summed E-state index contributed by atoms with van der Waals surface area (Å²) >= 11 is 1.87. The fourth-order valence-electron chi connectivity index (χ4n) is 2.74. The molecule has 0 fully saturated rings. The third-order valence-electron chi connectivity index (χ3n) is 3.82. The lowest BCUT2D eigenvalue weighted by Crippen LogP contribution is -2.29. The number of aromatic nitrogens is 3. The van der Waals surface area contributed by atoms with Crippen LogP contribution in [0.3, 0.4) is 0 Å². The van der Waals surface area contributed by atoms with Crippen LogP contribution in [-0.4, -0.2) is 26.6 Å². The molecule has 3 aromatic rings. The molecule has 1 aliphatic heterocycles. The molecule has 0 bridgehead atoms. The zero-order valence-electron chi connectivity index (χ0n) is 11.6. The molecule has 1 aliphatic rings. The van der Waals surface area contributed by atoms with Gasteiger partial charge in [0.05, 0.1) is 6.54 Å². The minimum atomic E-state index is 0.777. The van der Waals surface area contributed by atoms with Gasteiger partial charge >= 0.3 is 0 Å². The Morgan fingerprint density at radius 1 is 1.19 bits per heavy atom. The predicted octanol–water partition coefficient (Wildman–Crippen LogP) is 3.09. The van der Waals surface area contributed by atoms with Crippen molar-refractivity contribution in [3.63, 3.8) is 0 Å². The van der Waals surface area contributed by atoms with Gasteiger partial charge in [-0.2, -0.15) is 5.10 Å². The van der Waals surface area contributed by atoms with Crippen molar-refractivity contribution >= 4 is 11.3 Å². The first kappa shape index (κ1) is 12.7. The molecule has 4 rings (SSSR count). The Labute approximate surface area is 127 Å². The van der Waals surface area contributed by atoms with Gasteiger partial charge < -0.3 is 0 Å². The largest absolute Gasteiger partial charge is 0.291 e. The third kappa shape index (κ3) is 2.62. The van der Waals surface area contributed by atoms with Gasteiger partial charge in [-0.15, -0.1) is 11.3 Å². The zero-order chi connectivity index (χ0) is 14.1. The van der Waals surface area contributed by atoms with Crippen molar-refractivity contribution in [3.8, 4) is 11.4 Å². The summed E-state index contributed by atoms with van der Waals surface area (Å²) in [5, 5.41) is 9.59. The molecular formula is C16H16N4S. The molecule has 2 aromatic heterocycles. The van der Waals surface area contributed by atoms with E-state index in [1.807, 2.05) is 41.7 Å². The lowest BCUT2D eigenvalue weighted by molar-refractivity contribution is 0.241. The summed E-state index contributed by atoms with van der Waals surface area (Å²) in [4.78, 5) is 8.57. The summed E-state index contributed by atoms with van der Waals surface area (Å²) in [7, 11) is 0. The first-order valence-electron chi connectivity index (χ1n) is 7.13. The van der Waals surface area contributed by atoms with E-state index in [0.29, 0.717) is 0 Å². The minimum absolute atomic E-state index is 0.777. The second-order valence-corrected chi connectivity index (χ2v) is 6.30. The highest BCUT2D eigenvalue weighted by atomic mass is 32.1. The molecule has 0 spiro atoms. The number of hydrogen-bond acceptors (Lipinski definition) is 4. The number of hydrogen-bond donors (Lipinski definition) is 1. The van der Waals surface area contributed by atoms with Gasteiger partial charge in [-0.3, -0.25) is 10.00 Å². The molecule has 0 unspecified atom stereocenters. The Kier molecular flexibility index (Phi) is 3.29. The average molecular weight is 296 g/mol. The standard InChI is InChI=1S/C16H16N4S/c1-2-4-12(5-3-1)16-17-15(18-19-16)11-20-8-6-14-13(10-20)7-9-21-14/h1-5,7,9H,6,8,10-11H2,(H,17,18,19). The van der Waals surface area contributed by atoms with Crippen molar-refractivity contribution in [3.05, 3.63) is 58.0 Å². The number of nitrogens with one attached hydrogen (secondary N) is 1. The second-order valence-electron chi connectivity index (χ2n) is 5.30. The molecular weight excluding hydrogens is 280 g/mol. The fraction of sp³-hybridized carbons (Fsp3) is 0.250. The van der Waals surface area contributed by atoms with E-state index in [1.165, 1.54) is 10.4 Å². The Balaban J connectivity index is 1.48. The maximum absolute atomic E-state index is 4.61. The molecule has 0 saturated carbocycles. The lowest BCUT2D eigenvalue weighted by atomic mass is 10.1. The van der Waals surface area contributed by atoms with Gasteiger partial charge in [0.25, 0.3) is 0 Å². The maximum atomic E-state index is 4.61. The number of rotatable bonds is 3. The molecule has 1 aromatic carbocycles. The van der Waals surface area contributed by atoms with Gasteiger partial charge in [-0.1, -0.05) is 30.3 Å². The van der Waals surface area contributed by atoms with E-state index in [1.54, 1.807) is 0 Å². The SMILES string of the molecule is c1ccc(-c2n[nH]c(CN3CCc4sccc4C3)n2)cc1. The van der Waals surface area contributed by atoms with Gasteiger partial charge in [0.15, 0.2) is 5.82 Å². The summed E-state index contributed by atoms with van der Waals surface area (Å²) < 4.78 is 0. The maximum Gasteiger partial charge on any atom is 0.181 e. The van der Waals surface area contributed by atoms with Crippen LogP contribution < -0.4 is 0 Å². The number of benzene rings is 1. The highest BCUT2D eigenvalue weighted by molar-refractivity contribution is 7.10. The molecule has 0 amide bonds. The summed E-state index contributed by atoms with van der Waals surface area (Å²) in [5.41, 5.74) is 2.52. The molecule has 0 aliphatic carbocycles. The molecule has 21 heavy (non-hydrogen) atoms. The van der Waals surface area contributed by atoms with E-state index in [2.05, 4.69) is 31.5 Å². The van der Waals surface area contributed by atoms with E-state index in [-0.39, 0.29) is 0 Å². The summed E-state index contributed by atoms with van der Waals surface area (Å²) in [6.45, 7) is 2.93. The van der Waals surface area contributed by atoms with Gasteiger partial charge in [0, 0.05) is 23.5 Å². The van der Waals surface area contributed by atoms with Crippen molar-refractivity contribution in [2.24, 2.45) is 0 Å². The molecule has 4 nitrogen and oxygen atoms in total. The lowest BCUT2D eigenvalue weighted by Gasteiger charge is -2.25. The summed E-state index contributed by atoms with van der Waals surface area (Å²) in [5.74, 6) is 1.71. The number of fused-ring (bicyclic) bond motifs is 1. The number of H-pyrrole nitrogens is 1. The first-order chi connectivity index (χ1) is 10.4. The molecule has 0 atom stereocenters. The van der Waals surface area contributed by atoms with Crippen LogP contribution in [0.2, 0.25) is 0 Å². The Hall–Kier alpha value is -1.98. The van der Waals surface area contributed by atoms with Crippen molar-refractivity contribution in [1.29, 1.82) is 0 Å². The van der Waals surface area contributed by atoms with Crippen molar-refractivity contribution in [1.82, 2.24) is 20.1 Å². The van der Waals surface area contributed by atoms with E-state index in [0.717, 1.165) is 43.3 Å². The summed E-state index contributed by atoms with van der Waals surface area (Å²) in [6.07, 6.45) is 1.15. The minimum Gasteiger partial charge on any atom is -0.291 e. The van der Waals surface area contributed by atoms with Crippen LogP contribution in [0, 0.1) is 0 Å². The number of nitrogens with zero attached hydrogens (tertiary/aromatic N) is 3. The molecule has 3 heterocycles. The molecule has 0 saturated heterocycles. The van der Waals surface area contributed by atoms with Crippen LogP contribution in [0.5, 0.6) is 0 Å². The van der Waals surface area contributed by atoms with Gasteiger partial charge in [-0.25, -0.2) is 4.98 Å². The van der Waals surface area contributed by atoms with Gasteiger partial charge in [0.1, 0.15) is 5.82 Å². The number of aromatic amines is 1. The van der Waals surface area contributed by atoms with Crippen LogP contribution in [-0.2, 0) is 19.5 Å². The number of thiophene rings is 1. The van der Waals surface area contributed by atoms with E-state index < -0.39 is 0 Å². The monoisotopic (exact) mass is 296 g/mol. The third-order valence-corrected chi connectivity index (χ3v) is 4.85. The van der Waals surface area contributed by atoms with Gasteiger partial charge in [-0.05, 0) is 23.4 Å². The van der Waals surface area contributed by atoms with Gasteiger partial charge in [0.2, 0.25) is 0 Å². The molecule has 106 valence electrons. The van der Waals surface area contributed by atoms with Crippen LogP contribution in [0.4, 0.5) is 0 Å². The fourth-order valence-corrected chi connectivity index (χ4v) is 3.63.